The number of hydrogen-bond donors (Lipinski definition) is 3. The normalized spacial score (nSPS) is 29.2. The average Bonchev–Trinajstić information content (AvgIpc) is 2.13. The minimum atomic E-state index is -0.426. The molecular formula is C11H22N4O2. The van der Waals surface area contributed by atoms with E-state index in [0.717, 1.165) is 12.8 Å². The molecule has 1 saturated heterocycles. The summed E-state index contributed by atoms with van der Waals surface area (Å²) in [7, 11) is 0. The highest BCUT2D eigenvalue weighted by Crippen LogP contribution is 2.18. The SMILES string of the molecule is CC1CC(N(CC(N)=O)CC(N)=O)CC(C)N1. The van der Waals surface area contributed by atoms with E-state index in [1.165, 1.54) is 0 Å². The van der Waals surface area contributed by atoms with Gasteiger partial charge in [0.05, 0.1) is 13.1 Å². The molecule has 1 aliphatic heterocycles. The van der Waals surface area contributed by atoms with E-state index < -0.39 is 11.8 Å². The lowest BCUT2D eigenvalue weighted by Crippen LogP contribution is -2.54. The molecule has 2 amide bonds. The van der Waals surface area contributed by atoms with E-state index >= 15 is 0 Å². The molecule has 0 aromatic heterocycles. The monoisotopic (exact) mass is 242 g/mol. The zero-order valence-electron chi connectivity index (χ0n) is 10.5. The van der Waals surface area contributed by atoms with Crippen LogP contribution in [-0.4, -0.2) is 47.9 Å². The molecule has 17 heavy (non-hydrogen) atoms. The van der Waals surface area contributed by atoms with E-state index in [1.54, 1.807) is 4.90 Å². The summed E-state index contributed by atoms with van der Waals surface area (Å²) in [6, 6.07) is 0.917. The Morgan fingerprint density at radius 1 is 1.12 bits per heavy atom. The van der Waals surface area contributed by atoms with E-state index in [9.17, 15) is 9.59 Å². The lowest BCUT2D eigenvalue weighted by Gasteiger charge is -2.39. The van der Waals surface area contributed by atoms with Crippen LogP contribution in [0.15, 0.2) is 0 Å². The Hall–Kier alpha value is -1.14. The van der Waals surface area contributed by atoms with Crippen LogP contribution in [0.3, 0.4) is 0 Å². The molecule has 0 bridgehead atoms. The highest BCUT2D eigenvalue weighted by molar-refractivity contribution is 5.79. The number of carbonyl (C=O) groups is 2. The van der Waals surface area contributed by atoms with Gasteiger partial charge in [-0.3, -0.25) is 14.5 Å². The second-order valence-corrected chi connectivity index (χ2v) is 4.93. The topological polar surface area (TPSA) is 101 Å². The second kappa shape index (κ2) is 5.97. The maximum atomic E-state index is 11.0. The lowest BCUT2D eigenvalue weighted by atomic mass is 9.94. The fourth-order valence-corrected chi connectivity index (χ4v) is 2.55. The summed E-state index contributed by atoms with van der Waals surface area (Å²) in [5, 5.41) is 3.41. The predicted molar refractivity (Wildman–Crippen MR) is 65.0 cm³/mol. The van der Waals surface area contributed by atoms with Gasteiger partial charge >= 0.3 is 0 Å². The standard InChI is InChI=1S/C11H22N4O2/c1-7-3-9(4-8(2)14-7)15(5-10(12)16)6-11(13)17/h7-9,14H,3-6H2,1-2H3,(H2,12,16)(H2,13,17). The first-order chi connectivity index (χ1) is 7.88. The minimum absolute atomic E-state index is 0.0903. The summed E-state index contributed by atoms with van der Waals surface area (Å²) in [6.45, 7) is 4.37. The number of nitrogens with one attached hydrogen (secondary N) is 1. The molecule has 0 saturated carbocycles. The third-order valence-electron chi connectivity index (χ3n) is 3.05. The van der Waals surface area contributed by atoms with Gasteiger partial charge in [0.15, 0.2) is 0 Å². The van der Waals surface area contributed by atoms with Crippen LogP contribution in [-0.2, 0) is 9.59 Å². The van der Waals surface area contributed by atoms with Gasteiger partial charge in [-0.25, -0.2) is 0 Å². The second-order valence-electron chi connectivity index (χ2n) is 4.93. The molecular weight excluding hydrogens is 220 g/mol. The molecule has 1 aliphatic rings. The van der Waals surface area contributed by atoms with Gasteiger partial charge < -0.3 is 16.8 Å². The third-order valence-corrected chi connectivity index (χ3v) is 3.05. The van der Waals surface area contributed by atoms with Gasteiger partial charge in [-0.1, -0.05) is 0 Å². The maximum Gasteiger partial charge on any atom is 0.231 e. The van der Waals surface area contributed by atoms with Crippen LogP contribution in [0.1, 0.15) is 26.7 Å². The Morgan fingerprint density at radius 3 is 1.88 bits per heavy atom. The van der Waals surface area contributed by atoms with Crippen molar-refractivity contribution in [2.24, 2.45) is 11.5 Å². The van der Waals surface area contributed by atoms with Crippen LogP contribution in [0.4, 0.5) is 0 Å². The Balaban J connectivity index is 2.66. The molecule has 6 nitrogen and oxygen atoms in total. The fourth-order valence-electron chi connectivity index (χ4n) is 2.55. The van der Waals surface area contributed by atoms with E-state index in [0.29, 0.717) is 12.1 Å². The third kappa shape index (κ3) is 4.70. The van der Waals surface area contributed by atoms with Crippen molar-refractivity contribution in [1.29, 1.82) is 0 Å². The predicted octanol–water partition coefficient (Wildman–Crippen LogP) is -1.21. The van der Waals surface area contributed by atoms with E-state index in [-0.39, 0.29) is 19.1 Å². The molecule has 1 fully saturated rings. The van der Waals surface area contributed by atoms with Crippen LogP contribution < -0.4 is 16.8 Å². The Labute approximate surface area is 102 Å². The summed E-state index contributed by atoms with van der Waals surface area (Å²) in [5.74, 6) is -0.852. The number of rotatable bonds is 5. The van der Waals surface area contributed by atoms with Crippen molar-refractivity contribution < 1.29 is 9.59 Å². The van der Waals surface area contributed by atoms with Gasteiger partial charge in [-0.15, -0.1) is 0 Å². The summed E-state index contributed by atoms with van der Waals surface area (Å²) < 4.78 is 0. The number of hydrogen-bond acceptors (Lipinski definition) is 4. The van der Waals surface area contributed by atoms with Crippen LogP contribution >= 0.6 is 0 Å². The van der Waals surface area contributed by atoms with Crippen molar-refractivity contribution in [3.05, 3.63) is 0 Å². The quantitative estimate of drug-likeness (QED) is 0.563. The molecule has 5 N–H and O–H groups in total. The molecule has 0 aromatic rings. The molecule has 0 aliphatic carbocycles. The van der Waals surface area contributed by atoms with Crippen molar-refractivity contribution in [2.45, 2.75) is 44.8 Å². The van der Waals surface area contributed by atoms with Gasteiger partial charge in [0.25, 0.3) is 0 Å². The molecule has 1 rings (SSSR count). The number of primary amides is 2. The van der Waals surface area contributed by atoms with Crippen LogP contribution in [0, 0.1) is 0 Å². The number of nitrogens with two attached hydrogens (primary N) is 2. The first-order valence-electron chi connectivity index (χ1n) is 5.95. The summed E-state index contributed by atoms with van der Waals surface area (Å²) in [4.78, 5) is 23.8. The Kier molecular flexibility index (Phi) is 4.89. The summed E-state index contributed by atoms with van der Waals surface area (Å²) >= 11 is 0. The van der Waals surface area contributed by atoms with E-state index in [4.69, 9.17) is 11.5 Å². The number of carbonyl (C=O) groups excluding carboxylic acids is 2. The molecule has 6 heteroatoms. The number of amides is 2. The van der Waals surface area contributed by atoms with Crippen molar-refractivity contribution in [1.82, 2.24) is 10.2 Å². The van der Waals surface area contributed by atoms with Gasteiger partial charge in [0.1, 0.15) is 0 Å². The molecule has 1 heterocycles. The number of nitrogens with zero attached hydrogens (tertiary/aromatic N) is 1. The van der Waals surface area contributed by atoms with Crippen LogP contribution in [0.25, 0.3) is 0 Å². The van der Waals surface area contributed by atoms with Crippen LogP contribution in [0.2, 0.25) is 0 Å². The molecule has 0 radical (unpaired) electrons. The molecule has 2 atom stereocenters. The van der Waals surface area contributed by atoms with E-state index in [2.05, 4.69) is 19.2 Å². The van der Waals surface area contributed by atoms with Gasteiger partial charge in [-0.2, -0.15) is 0 Å². The van der Waals surface area contributed by atoms with Crippen molar-refractivity contribution >= 4 is 11.8 Å². The van der Waals surface area contributed by atoms with Crippen molar-refractivity contribution in [3.63, 3.8) is 0 Å². The highest BCUT2D eigenvalue weighted by Gasteiger charge is 2.29. The van der Waals surface area contributed by atoms with E-state index in [1.807, 2.05) is 0 Å². The molecule has 98 valence electrons. The average molecular weight is 242 g/mol. The van der Waals surface area contributed by atoms with Crippen molar-refractivity contribution in [3.8, 4) is 0 Å². The molecule has 0 spiro atoms. The number of piperidine rings is 1. The first-order valence-corrected chi connectivity index (χ1v) is 5.95. The van der Waals surface area contributed by atoms with Gasteiger partial charge in [0.2, 0.25) is 11.8 Å². The smallest absolute Gasteiger partial charge is 0.231 e. The van der Waals surface area contributed by atoms with Crippen LogP contribution in [0.5, 0.6) is 0 Å². The zero-order chi connectivity index (χ0) is 13.0. The summed E-state index contributed by atoms with van der Waals surface area (Å²) in [6.07, 6.45) is 1.79. The summed E-state index contributed by atoms with van der Waals surface area (Å²) in [5.41, 5.74) is 10.4. The molecule has 0 aromatic carbocycles. The molecule has 2 unspecified atom stereocenters. The zero-order valence-corrected chi connectivity index (χ0v) is 10.5. The van der Waals surface area contributed by atoms with Crippen molar-refractivity contribution in [2.75, 3.05) is 13.1 Å². The minimum Gasteiger partial charge on any atom is -0.369 e. The fraction of sp³-hybridized carbons (Fsp3) is 0.818. The first kappa shape index (κ1) is 13.9. The largest absolute Gasteiger partial charge is 0.369 e. The van der Waals surface area contributed by atoms with Gasteiger partial charge in [-0.05, 0) is 26.7 Å². The highest BCUT2D eigenvalue weighted by atomic mass is 16.2. The maximum absolute atomic E-state index is 11.0. The lowest BCUT2D eigenvalue weighted by molar-refractivity contribution is -0.123. The Morgan fingerprint density at radius 2 is 1.53 bits per heavy atom. The Bertz CT molecular complexity index is 269. The van der Waals surface area contributed by atoms with Gasteiger partial charge in [0, 0.05) is 18.1 Å².